The van der Waals surface area contributed by atoms with Crippen molar-refractivity contribution in [1.29, 1.82) is 0 Å². The first kappa shape index (κ1) is 13.4. The highest BCUT2D eigenvalue weighted by atomic mass is 16.5. The number of likely N-dealkylation sites (tertiary alicyclic amines) is 1. The lowest BCUT2D eigenvalue weighted by atomic mass is 10.1. The van der Waals surface area contributed by atoms with Crippen molar-refractivity contribution in [3.05, 3.63) is 29.3 Å². The summed E-state index contributed by atoms with van der Waals surface area (Å²) in [4.78, 5) is 1.51. The third-order valence-corrected chi connectivity index (χ3v) is 3.82. The number of hydrogen-bond acceptors (Lipinski definition) is 2. The van der Waals surface area contributed by atoms with Crippen molar-refractivity contribution >= 4 is 0 Å². The van der Waals surface area contributed by atoms with Gasteiger partial charge >= 0.3 is 0 Å². The molecule has 1 aromatic rings. The van der Waals surface area contributed by atoms with Crippen LogP contribution < -0.4 is 9.64 Å². The van der Waals surface area contributed by atoms with Crippen molar-refractivity contribution in [2.24, 2.45) is 0 Å². The number of rotatable bonds is 5. The molecule has 2 N–H and O–H groups in total. The molecule has 3 heteroatoms. The zero-order chi connectivity index (χ0) is 13.0. The molecular formula is C15H24NO2+. The second-order valence-corrected chi connectivity index (χ2v) is 5.32. The normalized spacial score (nSPS) is 17.9. The lowest BCUT2D eigenvalue weighted by Crippen LogP contribution is -3.11. The fourth-order valence-electron chi connectivity index (χ4n) is 2.54. The predicted molar refractivity (Wildman–Crippen MR) is 72.2 cm³/mol. The van der Waals surface area contributed by atoms with E-state index in [4.69, 9.17) is 4.74 Å². The maximum atomic E-state index is 9.99. The maximum Gasteiger partial charge on any atom is 0.137 e. The minimum absolute atomic E-state index is 0.363. The highest BCUT2D eigenvalue weighted by Gasteiger charge is 2.19. The molecule has 0 aromatic heterocycles. The minimum Gasteiger partial charge on any atom is -0.490 e. The molecule has 1 fully saturated rings. The Morgan fingerprint density at radius 2 is 2.00 bits per heavy atom. The average Bonchev–Trinajstić information content (AvgIpc) is 2.84. The molecule has 0 spiro atoms. The molecule has 0 bridgehead atoms. The second kappa shape index (κ2) is 6.21. The molecule has 1 saturated heterocycles. The summed E-state index contributed by atoms with van der Waals surface area (Å²) in [5.74, 6) is 0.894. The van der Waals surface area contributed by atoms with Crippen molar-refractivity contribution in [3.63, 3.8) is 0 Å². The topological polar surface area (TPSA) is 33.9 Å². The van der Waals surface area contributed by atoms with Crippen molar-refractivity contribution in [2.75, 3.05) is 26.2 Å². The molecule has 0 unspecified atom stereocenters. The SMILES string of the molecule is Cc1cccc(OC[C@@H](O)C[NH+]2CCCC2)c1C. The number of aliphatic hydroxyl groups excluding tert-OH is 1. The van der Waals surface area contributed by atoms with E-state index in [0.717, 1.165) is 12.3 Å². The molecule has 1 atom stereocenters. The van der Waals surface area contributed by atoms with Crippen LogP contribution in [0, 0.1) is 13.8 Å². The van der Waals surface area contributed by atoms with Crippen LogP contribution >= 0.6 is 0 Å². The van der Waals surface area contributed by atoms with E-state index in [1.165, 1.54) is 42.0 Å². The Bertz CT molecular complexity index is 386. The molecule has 0 aliphatic carbocycles. The number of aliphatic hydroxyl groups is 1. The fraction of sp³-hybridized carbons (Fsp3) is 0.600. The lowest BCUT2D eigenvalue weighted by Gasteiger charge is -2.18. The van der Waals surface area contributed by atoms with Gasteiger partial charge in [-0.15, -0.1) is 0 Å². The van der Waals surface area contributed by atoms with E-state index in [1.54, 1.807) is 0 Å². The van der Waals surface area contributed by atoms with Gasteiger partial charge in [-0.25, -0.2) is 0 Å². The second-order valence-electron chi connectivity index (χ2n) is 5.32. The Morgan fingerprint density at radius 1 is 1.28 bits per heavy atom. The monoisotopic (exact) mass is 250 g/mol. The summed E-state index contributed by atoms with van der Waals surface area (Å²) in [6, 6.07) is 6.04. The van der Waals surface area contributed by atoms with Gasteiger partial charge in [0.2, 0.25) is 0 Å². The van der Waals surface area contributed by atoms with E-state index < -0.39 is 0 Å². The van der Waals surface area contributed by atoms with Crippen molar-refractivity contribution in [1.82, 2.24) is 0 Å². The summed E-state index contributed by atoms with van der Waals surface area (Å²) in [6.07, 6.45) is 2.22. The van der Waals surface area contributed by atoms with Crippen LogP contribution in [0.3, 0.4) is 0 Å². The Balaban J connectivity index is 1.81. The summed E-state index contributed by atoms with van der Waals surface area (Å²) in [5, 5.41) is 9.99. The van der Waals surface area contributed by atoms with Gasteiger partial charge in [-0.05, 0) is 31.0 Å². The van der Waals surface area contributed by atoms with Gasteiger partial charge in [0.15, 0.2) is 0 Å². The van der Waals surface area contributed by atoms with Gasteiger partial charge in [0, 0.05) is 12.8 Å². The predicted octanol–water partition coefficient (Wildman–Crippen LogP) is 0.722. The zero-order valence-electron chi connectivity index (χ0n) is 11.4. The quantitative estimate of drug-likeness (QED) is 0.807. The molecular weight excluding hydrogens is 226 g/mol. The van der Waals surface area contributed by atoms with Crippen LogP contribution in [0.5, 0.6) is 5.75 Å². The van der Waals surface area contributed by atoms with Gasteiger partial charge in [-0.3, -0.25) is 0 Å². The molecule has 1 heterocycles. The number of ether oxygens (including phenoxy) is 1. The van der Waals surface area contributed by atoms with Crippen LogP contribution in [0.4, 0.5) is 0 Å². The summed E-state index contributed by atoms with van der Waals surface area (Å²) < 4.78 is 5.73. The average molecular weight is 250 g/mol. The van der Waals surface area contributed by atoms with E-state index in [0.29, 0.717) is 6.61 Å². The van der Waals surface area contributed by atoms with Crippen LogP contribution in [0.15, 0.2) is 18.2 Å². The third-order valence-electron chi connectivity index (χ3n) is 3.82. The summed E-state index contributed by atoms with van der Waals surface area (Å²) in [7, 11) is 0. The van der Waals surface area contributed by atoms with Gasteiger partial charge in [0.1, 0.15) is 25.0 Å². The van der Waals surface area contributed by atoms with E-state index in [1.807, 2.05) is 12.1 Å². The first-order valence-corrected chi connectivity index (χ1v) is 6.87. The Kier molecular flexibility index (Phi) is 4.61. The Labute approximate surface area is 109 Å². The van der Waals surface area contributed by atoms with E-state index >= 15 is 0 Å². The van der Waals surface area contributed by atoms with Crippen molar-refractivity contribution in [3.8, 4) is 5.75 Å². The van der Waals surface area contributed by atoms with E-state index in [2.05, 4.69) is 19.9 Å². The molecule has 1 aromatic carbocycles. The molecule has 1 aliphatic rings. The van der Waals surface area contributed by atoms with Crippen LogP contribution in [0.25, 0.3) is 0 Å². The minimum atomic E-state index is -0.363. The maximum absolute atomic E-state index is 9.99. The first-order chi connectivity index (χ1) is 8.66. The highest BCUT2D eigenvalue weighted by Crippen LogP contribution is 2.20. The van der Waals surface area contributed by atoms with Gasteiger partial charge in [-0.2, -0.15) is 0 Å². The third kappa shape index (κ3) is 3.47. The van der Waals surface area contributed by atoms with E-state index in [9.17, 15) is 5.11 Å². The molecule has 100 valence electrons. The van der Waals surface area contributed by atoms with Gasteiger partial charge < -0.3 is 14.7 Å². The van der Waals surface area contributed by atoms with Crippen LogP contribution in [-0.2, 0) is 0 Å². The van der Waals surface area contributed by atoms with Crippen LogP contribution in [0.1, 0.15) is 24.0 Å². The van der Waals surface area contributed by atoms with Gasteiger partial charge in [0.25, 0.3) is 0 Å². The molecule has 18 heavy (non-hydrogen) atoms. The van der Waals surface area contributed by atoms with Gasteiger partial charge in [-0.1, -0.05) is 12.1 Å². The smallest absolute Gasteiger partial charge is 0.137 e. The van der Waals surface area contributed by atoms with Crippen molar-refractivity contribution < 1.29 is 14.7 Å². The molecule has 1 aliphatic heterocycles. The summed E-state index contributed by atoms with van der Waals surface area (Å²) in [6.45, 7) is 7.73. The molecule has 0 amide bonds. The fourth-order valence-corrected chi connectivity index (χ4v) is 2.54. The Hall–Kier alpha value is -1.06. The summed E-state index contributed by atoms with van der Waals surface area (Å²) in [5.41, 5.74) is 2.39. The lowest BCUT2D eigenvalue weighted by molar-refractivity contribution is -0.890. The summed E-state index contributed by atoms with van der Waals surface area (Å²) >= 11 is 0. The molecule has 3 nitrogen and oxygen atoms in total. The number of hydrogen-bond donors (Lipinski definition) is 2. The zero-order valence-corrected chi connectivity index (χ0v) is 11.4. The molecule has 0 radical (unpaired) electrons. The Morgan fingerprint density at radius 3 is 2.72 bits per heavy atom. The number of benzene rings is 1. The van der Waals surface area contributed by atoms with E-state index in [-0.39, 0.29) is 6.10 Å². The highest BCUT2D eigenvalue weighted by molar-refractivity contribution is 5.38. The first-order valence-electron chi connectivity index (χ1n) is 6.87. The molecule has 0 saturated carbocycles. The largest absolute Gasteiger partial charge is 0.490 e. The number of aryl methyl sites for hydroxylation is 1. The number of nitrogens with one attached hydrogen (secondary N) is 1. The van der Waals surface area contributed by atoms with Crippen LogP contribution in [-0.4, -0.2) is 37.5 Å². The number of quaternary nitrogens is 1. The van der Waals surface area contributed by atoms with Crippen molar-refractivity contribution in [2.45, 2.75) is 32.8 Å². The molecule has 2 rings (SSSR count). The van der Waals surface area contributed by atoms with Gasteiger partial charge in [0.05, 0.1) is 13.1 Å². The van der Waals surface area contributed by atoms with Crippen LogP contribution in [0.2, 0.25) is 0 Å². The standard InChI is InChI=1S/C15H23NO2/c1-12-6-5-7-15(13(12)2)18-11-14(17)10-16-8-3-4-9-16/h5-7,14,17H,3-4,8-11H2,1-2H3/p+1/t14-/m0/s1.